The van der Waals surface area contributed by atoms with Crippen LogP contribution in [0.25, 0.3) is 10.9 Å². The zero-order chi connectivity index (χ0) is 19.3. The molecule has 0 fully saturated rings. The molecular formula is C23H19N3O2. The molecule has 0 aliphatic rings. The SMILES string of the molecule is Cc1nc2ccccc2c(=O)n1/N=C\c1ccc(OCc2ccccc2)cc1. The number of fused-ring (bicyclic) bond motifs is 1. The van der Waals surface area contributed by atoms with E-state index < -0.39 is 0 Å². The van der Waals surface area contributed by atoms with E-state index in [2.05, 4.69) is 10.1 Å². The van der Waals surface area contributed by atoms with E-state index in [1.807, 2.05) is 72.8 Å². The number of benzene rings is 3. The van der Waals surface area contributed by atoms with Crippen LogP contribution >= 0.6 is 0 Å². The molecule has 0 N–H and O–H groups in total. The highest BCUT2D eigenvalue weighted by Gasteiger charge is 2.06. The third-order valence-electron chi connectivity index (χ3n) is 4.37. The van der Waals surface area contributed by atoms with Crippen LogP contribution in [0.2, 0.25) is 0 Å². The number of aryl methyl sites for hydroxylation is 1. The molecule has 0 bridgehead atoms. The van der Waals surface area contributed by atoms with Crippen LogP contribution in [0.1, 0.15) is 17.0 Å². The van der Waals surface area contributed by atoms with Gasteiger partial charge in [0, 0.05) is 0 Å². The average molecular weight is 369 g/mol. The first-order valence-corrected chi connectivity index (χ1v) is 9.00. The second kappa shape index (κ2) is 7.88. The van der Waals surface area contributed by atoms with E-state index in [1.165, 1.54) is 4.68 Å². The Bertz CT molecular complexity index is 1180. The highest BCUT2D eigenvalue weighted by molar-refractivity contribution is 5.80. The zero-order valence-electron chi connectivity index (χ0n) is 15.4. The normalized spacial score (nSPS) is 11.2. The molecule has 28 heavy (non-hydrogen) atoms. The van der Waals surface area contributed by atoms with E-state index in [-0.39, 0.29) is 5.56 Å². The molecular weight excluding hydrogens is 350 g/mol. The predicted octanol–water partition coefficient (Wildman–Crippen LogP) is 4.17. The van der Waals surface area contributed by atoms with Gasteiger partial charge >= 0.3 is 0 Å². The first kappa shape index (κ1) is 17.7. The fourth-order valence-corrected chi connectivity index (χ4v) is 2.89. The summed E-state index contributed by atoms with van der Waals surface area (Å²) in [6.07, 6.45) is 1.64. The molecule has 4 aromatic rings. The number of hydrogen-bond acceptors (Lipinski definition) is 4. The Kier molecular flexibility index (Phi) is 4.97. The number of para-hydroxylation sites is 1. The summed E-state index contributed by atoms with van der Waals surface area (Å²) in [6.45, 7) is 2.29. The molecule has 0 aliphatic heterocycles. The van der Waals surface area contributed by atoms with Gasteiger partial charge in [0.15, 0.2) is 0 Å². The van der Waals surface area contributed by atoms with Crippen molar-refractivity contribution in [3.63, 3.8) is 0 Å². The van der Waals surface area contributed by atoms with E-state index in [0.717, 1.165) is 16.9 Å². The van der Waals surface area contributed by atoms with E-state index in [4.69, 9.17) is 4.74 Å². The third-order valence-corrected chi connectivity index (χ3v) is 4.37. The maximum atomic E-state index is 12.6. The minimum atomic E-state index is -0.179. The lowest BCUT2D eigenvalue weighted by atomic mass is 10.2. The maximum Gasteiger partial charge on any atom is 0.282 e. The first-order chi connectivity index (χ1) is 13.7. The molecule has 5 nitrogen and oxygen atoms in total. The molecule has 0 amide bonds. The van der Waals surface area contributed by atoms with Gasteiger partial charge in [-0.25, -0.2) is 4.98 Å². The smallest absolute Gasteiger partial charge is 0.282 e. The maximum absolute atomic E-state index is 12.6. The van der Waals surface area contributed by atoms with Crippen molar-refractivity contribution in [2.24, 2.45) is 5.10 Å². The number of aromatic nitrogens is 2. The van der Waals surface area contributed by atoms with Crippen LogP contribution in [0, 0.1) is 6.92 Å². The van der Waals surface area contributed by atoms with Crippen molar-refractivity contribution in [2.45, 2.75) is 13.5 Å². The molecule has 1 heterocycles. The van der Waals surface area contributed by atoms with E-state index >= 15 is 0 Å². The molecule has 0 atom stereocenters. The molecule has 0 unspecified atom stereocenters. The Balaban J connectivity index is 1.51. The lowest BCUT2D eigenvalue weighted by Gasteiger charge is -2.07. The first-order valence-electron chi connectivity index (χ1n) is 9.00. The van der Waals surface area contributed by atoms with Gasteiger partial charge in [0.25, 0.3) is 5.56 Å². The minimum Gasteiger partial charge on any atom is -0.489 e. The van der Waals surface area contributed by atoms with E-state index in [9.17, 15) is 4.79 Å². The van der Waals surface area contributed by atoms with Gasteiger partial charge in [0.2, 0.25) is 0 Å². The number of ether oxygens (including phenoxy) is 1. The van der Waals surface area contributed by atoms with Crippen molar-refractivity contribution in [2.75, 3.05) is 0 Å². The molecule has 0 radical (unpaired) electrons. The van der Waals surface area contributed by atoms with Gasteiger partial charge in [-0.3, -0.25) is 4.79 Å². The van der Waals surface area contributed by atoms with E-state index in [0.29, 0.717) is 23.3 Å². The van der Waals surface area contributed by atoms with Crippen LogP contribution in [0.4, 0.5) is 0 Å². The van der Waals surface area contributed by atoms with Gasteiger partial charge in [0.05, 0.1) is 17.1 Å². The Morgan fingerprint density at radius 2 is 1.68 bits per heavy atom. The summed E-state index contributed by atoms with van der Waals surface area (Å²) in [5.74, 6) is 1.32. The average Bonchev–Trinajstić information content (AvgIpc) is 2.74. The summed E-state index contributed by atoms with van der Waals surface area (Å²) in [5.41, 5.74) is 2.48. The molecule has 4 rings (SSSR count). The summed E-state index contributed by atoms with van der Waals surface area (Å²) in [4.78, 5) is 17.1. The minimum absolute atomic E-state index is 0.179. The van der Waals surface area contributed by atoms with Gasteiger partial charge in [0.1, 0.15) is 18.2 Å². The fourth-order valence-electron chi connectivity index (χ4n) is 2.89. The highest BCUT2D eigenvalue weighted by Crippen LogP contribution is 2.14. The Morgan fingerprint density at radius 1 is 0.964 bits per heavy atom. The van der Waals surface area contributed by atoms with Crippen molar-refractivity contribution >= 4 is 17.1 Å². The molecule has 138 valence electrons. The van der Waals surface area contributed by atoms with Crippen LogP contribution < -0.4 is 10.3 Å². The zero-order valence-corrected chi connectivity index (χ0v) is 15.4. The van der Waals surface area contributed by atoms with Gasteiger partial charge < -0.3 is 4.74 Å². The van der Waals surface area contributed by atoms with Gasteiger partial charge in [-0.05, 0) is 54.4 Å². The predicted molar refractivity (Wildman–Crippen MR) is 111 cm³/mol. The second-order valence-electron chi connectivity index (χ2n) is 6.38. The quantitative estimate of drug-likeness (QED) is 0.496. The van der Waals surface area contributed by atoms with Crippen molar-refractivity contribution in [1.29, 1.82) is 0 Å². The Morgan fingerprint density at radius 3 is 2.46 bits per heavy atom. The Labute approximate surface area is 162 Å². The monoisotopic (exact) mass is 369 g/mol. The molecule has 0 saturated carbocycles. The van der Waals surface area contributed by atoms with Crippen LogP contribution in [0.5, 0.6) is 5.75 Å². The Hall–Kier alpha value is -3.73. The van der Waals surface area contributed by atoms with Crippen LogP contribution in [-0.4, -0.2) is 15.9 Å². The lowest BCUT2D eigenvalue weighted by Crippen LogP contribution is -2.20. The van der Waals surface area contributed by atoms with Crippen LogP contribution in [-0.2, 0) is 6.61 Å². The van der Waals surface area contributed by atoms with Crippen molar-refractivity contribution in [3.8, 4) is 5.75 Å². The summed E-state index contributed by atoms with van der Waals surface area (Å²) in [7, 11) is 0. The molecule has 3 aromatic carbocycles. The van der Waals surface area contributed by atoms with E-state index in [1.54, 1.807) is 19.2 Å². The van der Waals surface area contributed by atoms with Crippen molar-refractivity contribution in [3.05, 3.63) is 106 Å². The lowest BCUT2D eigenvalue weighted by molar-refractivity contribution is 0.306. The van der Waals surface area contributed by atoms with Crippen LogP contribution in [0.15, 0.2) is 88.8 Å². The molecule has 0 aliphatic carbocycles. The molecule has 5 heteroatoms. The van der Waals surface area contributed by atoms with Gasteiger partial charge in [-0.15, -0.1) is 0 Å². The number of rotatable bonds is 5. The summed E-state index contributed by atoms with van der Waals surface area (Å²) >= 11 is 0. The molecule has 1 aromatic heterocycles. The second-order valence-corrected chi connectivity index (χ2v) is 6.38. The van der Waals surface area contributed by atoms with Gasteiger partial charge in [-0.2, -0.15) is 9.78 Å². The van der Waals surface area contributed by atoms with Crippen LogP contribution in [0.3, 0.4) is 0 Å². The third kappa shape index (κ3) is 3.83. The largest absolute Gasteiger partial charge is 0.489 e. The molecule has 0 spiro atoms. The summed E-state index contributed by atoms with van der Waals surface area (Å²) < 4.78 is 7.11. The fraction of sp³-hybridized carbons (Fsp3) is 0.0870. The number of nitrogens with zero attached hydrogens (tertiary/aromatic N) is 3. The summed E-state index contributed by atoms with van der Waals surface area (Å²) in [6, 6.07) is 24.9. The van der Waals surface area contributed by atoms with Crippen molar-refractivity contribution in [1.82, 2.24) is 9.66 Å². The van der Waals surface area contributed by atoms with Gasteiger partial charge in [-0.1, -0.05) is 42.5 Å². The topological polar surface area (TPSA) is 56.5 Å². The molecule has 0 saturated heterocycles. The summed E-state index contributed by atoms with van der Waals surface area (Å²) in [5, 5.41) is 4.88. The highest BCUT2D eigenvalue weighted by atomic mass is 16.5. The van der Waals surface area contributed by atoms with Crippen molar-refractivity contribution < 1.29 is 4.74 Å². The number of hydrogen-bond donors (Lipinski definition) is 0. The standard InChI is InChI=1S/C23H19N3O2/c1-17-25-22-10-6-5-9-21(22)23(27)26(17)24-15-18-11-13-20(14-12-18)28-16-19-7-3-2-4-8-19/h2-15H,16H2,1H3/b24-15-.